The molecular formula is C27H32N4O4. The van der Waals surface area contributed by atoms with Crippen LogP contribution in [0.4, 0.5) is 4.79 Å². The van der Waals surface area contributed by atoms with Gasteiger partial charge < -0.3 is 9.47 Å². The number of fused-ring (bicyclic) bond motifs is 3. The molecule has 0 spiro atoms. The minimum atomic E-state index is -0.514. The summed E-state index contributed by atoms with van der Waals surface area (Å²) in [6, 6.07) is 15.2. The maximum absolute atomic E-state index is 13.7. The summed E-state index contributed by atoms with van der Waals surface area (Å²) >= 11 is 0. The van der Waals surface area contributed by atoms with E-state index in [1.165, 1.54) is 0 Å². The van der Waals surface area contributed by atoms with Crippen LogP contribution in [0.15, 0.2) is 53.3 Å². The summed E-state index contributed by atoms with van der Waals surface area (Å²) in [5.41, 5.74) is 0.732. The van der Waals surface area contributed by atoms with E-state index in [-0.39, 0.29) is 23.7 Å². The first-order chi connectivity index (χ1) is 16.7. The highest BCUT2D eigenvalue weighted by molar-refractivity contribution is 5.78. The van der Waals surface area contributed by atoms with Gasteiger partial charge in [-0.3, -0.25) is 19.2 Å². The Labute approximate surface area is 205 Å². The second-order valence-corrected chi connectivity index (χ2v) is 10.2. The van der Waals surface area contributed by atoms with Crippen LogP contribution in [0.5, 0.6) is 5.75 Å². The van der Waals surface area contributed by atoms with E-state index in [2.05, 4.69) is 4.90 Å². The third kappa shape index (κ3) is 4.50. The number of para-hydroxylation sites is 3. The fraction of sp³-hybridized carbons (Fsp3) is 0.444. The van der Waals surface area contributed by atoms with E-state index in [1.807, 2.05) is 81.1 Å². The molecule has 8 nitrogen and oxygen atoms in total. The highest BCUT2D eigenvalue weighted by Crippen LogP contribution is 2.34. The molecule has 4 heterocycles. The average Bonchev–Trinajstić information content (AvgIpc) is 2.79. The third-order valence-corrected chi connectivity index (χ3v) is 6.49. The Kier molecular flexibility index (Phi) is 6.01. The van der Waals surface area contributed by atoms with E-state index < -0.39 is 5.60 Å². The second kappa shape index (κ2) is 9.00. The van der Waals surface area contributed by atoms with Crippen LogP contribution in [0.1, 0.15) is 39.9 Å². The van der Waals surface area contributed by atoms with Crippen LogP contribution in [0.2, 0.25) is 0 Å². The first kappa shape index (κ1) is 23.4. The van der Waals surface area contributed by atoms with Gasteiger partial charge in [0.15, 0.2) is 0 Å². The lowest BCUT2D eigenvalue weighted by atomic mass is 9.88. The zero-order valence-electron chi connectivity index (χ0n) is 20.7. The molecule has 1 aromatic heterocycles. The van der Waals surface area contributed by atoms with Gasteiger partial charge in [0.1, 0.15) is 17.2 Å². The maximum atomic E-state index is 13.7. The zero-order valence-corrected chi connectivity index (χ0v) is 20.7. The van der Waals surface area contributed by atoms with E-state index in [0.29, 0.717) is 54.4 Å². The zero-order chi connectivity index (χ0) is 24.7. The summed E-state index contributed by atoms with van der Waals surface area (Å²) in [5, 5.41) is 0.570. The number of piperidine rings is 1. The third-order valence-electron chi connectivity index (χ3n) is 6.49. The number of rotatable bonds is 5. The summed E-state index contributed by atoms with van der Waals surface area (Å²) < 4.78 is 13.1. The van der Waals surface area contributed by atoms with Crippen molar-refractivity contribution in [2.75, 3.05) is 19.7 Å². The summed E-state index contributed by atoms with van der Waals surface area (Å²) in [5.74, 6) is 1.30. The molecule has 1 amide bonds. The van der Waals surface area contributed by atoms with Crippen molar-refractivity contribution in [2.45, 2.75) is 58.3 Å². The van der Waals surface area contributed by atoms with Crippen LogP contribution >= 0.6 is 0 Å². The highest BCUT2D eigenvalue weighted by atomic mass is 16.6. The predicted octanol–water partition coefficient (Wildman–Crippen LogP) is 3.98. The number of aromatic nitrogens is 2. The van der Waals surface area contributed by atoms with Crippen LogP contribution in [-0.4, -0.2) is 62.8 Å². The van der Waals surface area contributed by atoms with Crippen LogP contribution in [0, 0.1) is 0 Å². The smallest absolute Gasteiger partial charge is 0.410 e. The average molecular weight is 477 g/mol. The van der Waals surface area contributed by atoms with Gasteiger partial charge in [0.2, 0.25) is 0 Å². The molecule has 3 aliphatic rings. The monoisotopic (exact) mass is 476 g/mol. The molecule has 0 radical (unpaired) electrons. The normalized spacial score (nSPS) is 19.9. The first-order valence-electron chi connectivity index (χ1n) is 12.2. The van der Waals surface area contributed by atoms with Crippen molar-refractivity contribution < 1.29 is 14.3 Å². The number of hydrogen-bond donors (Lipinski definition) is 0. The molecule has 184 valence electrons. The number of benzene rings is 2. The Balaban J connectivity index is 1.47. The lowest BCUT2D eigenvalue weighted by Gasteiger charge is -2.55. The molecule has 0 saturated carbocycles. The molecule has 3 aliphatic heterocycles. The van der Waals surface area contributed by atoms with E-state index in [0.717, 1.165) is 6.42 Å². The molecule has 2 aromatic carbocycles. The summed E-state index contributed by atoms with van der Waals surface area (Å²) in [6.07, 6.45) is 0.728. The molecule has 3 saturated heterocycles. The standard InChI is InChI=1S/C27H32N4O4/c1-5-34-23-13-9-8-12-22(23)31-24(28-21-11-7-6-10-20(21)25(31)32)17-29-15-18-14-19(16-29)30(18)26(33)35-27(2,3)4/h6-13,18-19H,5,14-17H2,1-4H3. The molecule has 35 heavy (non-hydrogen) atoms. The number of hydrogen-bond acceptors (Lipinski definition) is 6. The van der Waals surface area contributed by atoms with Gasteiger partial charge >= 0.3 is 6.09 Å². The van der Waals surface area contributed by atoms with Gasteiger partial charge in [-0.15, -0.1) is 0 Å². The number of ether oxygens (including phenoxy) is 2. The lowest BCUT2D eigenvalue weighted by Crippen LogP contribution is -2.70. The summed E-state index contributed by atoms with van der Waals surface area (Å²) in [4.78, 5) is 35.4. The number of carbonyl (C=O) groups excluding carboxylic acids is 1. The Morgan fingerprint density at radius 3 is 2.46 bits per heavy atom. The fourth-order valence-corrected chi connectivity index (χ4v) is 5.09. The molecule has 0 aliphatic carbocycles. The lowest BCUT2D eigenvalue weighted by molar-refractivity contribution is -0.0787. The molecule has 0 N–H and O–H groups in total. The first-order valence-corrected chi connectivity index (χ1v) is 12.2. The topological polar surface area (TPSA) is 76.9 Å². The Bertz CT molecular complexity index is 1300. The van der Waals surface area contributed by atoms with Crippen molar-refractivity contribution in [2.24, 2.45) is 0 Å². The van der Waals surface area contributed by atoms with Gasteiger partial charge in [-0.25, -0.2) is 9.78 Å². The molecule has 8 heteroatoms. The van der Waals surface area contributed by atoms with E-state index in [4.69, 9.17) is 14.5 Å². The van der Waals surface area contributed by atoms with Gasteiger partial charge in [0.25, 0.3) is 5.56 Å². The number of amides is 1. The molecule has 3 fully saturated rings. The van der Waals surface area contributed by atoms with Crippen molar-refractivity contribution in [3.63, 3.8) is 0 Å². The number of nitrogens with zero attached hydrogens (tertiary/aromatic N) is 4. The van der Waals surface area contributed by atoms with Gasteiger partial charge in [0.05, 0.1) is 41.8 Å². The van der Waals surface area contributed by atoms with Crippen molar-refractivity contribution in [1.82, 2.24) is 19.4 Å². The molecule has 3 aromatic rings. The van der Waals surface area contributed by atoms with Crippen molar-refractivity contribution >= 4 is 17.0 Å². The molecule has 2 atom stereocenters. The Morgan fingerprint density at radius 2 is 1.74 bits per heavy atom. The minimum Gasteiger partial charge on any atom is -0.492 e. The predicted molar refractivity (Wildman–Crippen MR) is 134 cm³/mol. The second-order valence-electron chi connectivity index (χ2n) is 10.2. The maximum Gasteiger partial charge on any atom is 0.410 e. The summed E-state index contributed by atoms with van der Waals surface area (Å²) in [6.45, 7) is 10.0. The molecule has 2 unspecified atom stereocenters. The Morgan fingerprint density at radius 1 is 1.06 bits per heavy atom. The number of carbonyl (C=O) groups is 1. The van der Waals surface area contributed by atoms with Crippen LogP contribution in [0.25, 0.3) is 16.6 Å². The van der Waals surface area contributed by atoms with Crippen LogP contribution in [0.3, 0.4) is 0 Å². The van der Waals surface area contributed by atoms with E-state index in [9.17, 15) is 9.59 Å². The van der Waals surface area contributed by atoms with Gasteiger partial charge in [-0.05, 0) is 58.4 Å². The van der Waals surface area contributed by atoms with Crippen molar-refractivity contribution in [1.29, 1.82) is 0 Å². The van der Waals surface area contributed by atoms with Gasteiger partial charge in [-0.2, -0.15) is 0 Å². The largest absolute Gasteiger partial charge is 0.492 e. The van der Waals surface area contributed by atoms with E-state index in [1.54, 1.807) is 4.57 Å². The van der Waals surface area contributed by atoms with Crippen LogP contribution < -0.4 is 10.3 Å². The van der Waals surface area contributed by atoms with Gasteiger partial charge in [0, 0.05) is 13.1 Å². The Hall–Kier alpha value is -3.39. The van der Waals surface area contributed by atoms with Gasteiger partial charge in [-0.1, -0.05) is 24.3 Å². The van der Waals surface area contributed by atoms with Crippen LogP contribution in [-0.2, 0) is 11.3 Å². The van der Waals surface area contributed by atoms with Crippen molar-refractivity contribution in [3.05, 3.63) is 64.7 Å². The number of piperazine rings is 1. The molecule has 6 rings (SSSR count). The quantitative estimate of drug-likeness (QED) is 0.555. The van der Waals surface area contributed by atoms with E-state index >= 15 is 0 Å². The summed E-state index contributed by atoms with van der Waals surface area (Å²) in [7, 11) is 0. The van der Waals surface area contributed by atoms with Crippen molar-refractivity contribution in [3.8, 4) is 11.4 Å². The fourth-order valence-electron chi connectivity index (χ4n) is 5.09. The SMILES string of the molecule is CCOc1ccccc1-n1c(CN2CC3CC(C2)N3C(=O)OC(C)(C)C)nc2ccccc2c1=O. The molecular weight excluding hydrogens is 444 g/mol. The highest BCUT2D eigenvalue weighted by Gasteiger charge is 2.48. The minimum absolute atomic E-state index is 0.111. The molecule has 2 bridgehead atoms.